The first-order valence-corrected chi connectivity index (χ1v) is 9.51. The number of rotatable bonds is 3. The third kappa shape index (κ3) is 3.16. The summed E-state index contributed by atoms with van der Waals surface area (Å²) in [5.74, 6) is 1.65. The minimum Gasteiger partial charge on any atom is -0.454 e. The second-order valence-electron chi connectivity index (χ2n) is 7.88. The topological polar surface area (TPSA) is 63.7 Å². The number of morpholine rings is 1. The SMILES string of the molecule is CN1CC2(CN(Cc3ccc4c(c3)OCO4)C2)OCC1C(=O)N1CCCO1. The molecule has 3 saturated heterocycles. The Labute approximate surface area is 158 Å². The van der Waals surface area contributed by atoms with Gasteiger partial charge in [-0.1, -0.05) is 6.07 Å². The summed E-state index contributed by atoms with van der Waals surface area (Å²) >= 11 is 0. The van der Waals surface area contributed by atoms with Crippen LogP contribution in [0.25, 0.3) is 0 Å². The molecule has 1 aromatic carbocycles. The van der Waals surface area contributed by atoms with E-state index in [1.165, 1.54) is 10.6 Å². The molecule has 146 valence electrons. The summed E-state index contributed by atoms with van der Waals surface area (Å²) in [6, 6.07) is 5.84. The highest BCUT2D eigenvalue weighted by Gasteiger charge is 2.50. The third-order valence-corrected chi connectivity index (χ3v) is 5.77. The monoisotopic (exact) mass is 375 g/mol. The van der Waals surface area contributed by atoms with E-state index in [4.69, 9.17) is 19.0 Å². The number of benzene rings is 1. The molecule has 0 aromatic heterocycles. The molecule has 0 bridgehead atoms. The van der Waals surface area contributed by atoms with Crippen LogP contribution in [0, 0.1) is 0 Å². The zero-order valence-corrected chi connectivity index (χ0v) is 15.6. The molecular weight excluding hydrogens is 350 g/mol. The first-order valence-electron chi connectivity index (χ1n) is 9.51. The molecule has 5 rings (SSSR count). The highest BCUT2D eigenvalue weighted by molar-refractivity contribution is 5.81. The van der Waals surface area contributed by atoms with Gasteiger partial charge < -0.3 is 14.2 Å². The summed E-state index contributed by atoms with van der Waals surface area (Å²) in [6.45, 7) is 5.38. The van der Waals surface area contributed by atoms with Gasteiger partial charge in [0.05, 0.1) is 19.8 Å². The largest absolute Gasteiger partial charge is 0.454 e. The minimum absolute atomic E-state index is 0.0152. The van der Waals surface area contributed by atoms with E-state index in [0.717, 1.165) is 44.1 Å². The smallest absolute Gasteiger partial charge is 0.265 e. The van der Waals surface area contributed by atoms with E-state index in [0.29, 0.717) is 26.6 Å². The zero-order valence-electron chi connectivity index (χ0n) is 15.6. The number of likely N-dealkylation sites (tertiary alicyclic amines) is 1. The normalized spacial score (nSPS) is 27.1. The van der Waals surface area contributed by atoms with E-state index in [2.05, 4.69) is 15.9 Å². The van der Waals surface area contributed by atoms with Gasteiger partial charge in [0.2, 0.25) is 6.79 Å². The van der Waals surface area contributed by atoms with Gasteiger partial charge in [-0.05, 0) is 31.2 Å². The number of carbonyl (C=O) groups is 1. The fraction of sp³-hybridized carbons (Fsp3) is 0.632. The minimum atomic E-state index is -0.253. The van der Waals surface area contributed by atoms with Gasteiger partial charge in [-0.3, -0.25) is 19.4 Å². The average Bonchev–Trinajstić information content (AvgIpc) is 3.31. The lowest BCUT2D eigenvalue weighted by molar-refractivity contribution is -0.212. The molecule has 8 heteroatoms. The summed E-state index contributed by atoms with van der Waals surface area (Å²) in [5, 5.41) is 1.50. The summed E-state index contributed by atoms with van der Waals surface area (Å²) in [6.07, 6.45) is 0.905. The lowest BCUT2D eigenvalue weighted by Gasteiger charge is -2.55. The predicted molar refractivity (Wildman–Crippen MR) is 95.2 cm³/mol. The van der Waals surface area contributed by atoms with Crippen molar-refractivity contribution in [1.82, 2.24) is 14.9 Å². The van der Waals surface area contributed by atoms with Crippen molar-refractivity contribution >= 4 is 5.91 Å². The number of carbonyl (C=O) groups excluding carboxylic acids is 1. The Bertz CT molecular complexity index is 730. The van der Waals surface area contributed by atoms with Gasteiger partial charge in [0.25, 0.3) is 5.91 Å². The molecule has 1 amide bonds. The van der Waals surface area contributed by atoms with Gasteiger partial charge in [-0.15, -0.1) is 0 Å². The Morgan fingerprint density at radius 2 is 2.07 bits per heavy atom. The quantitative estimate of drug-likeness (QED) is 0.761. The predicted octanol–water partition coefficient (Wildman–Crippen LogP) is 0.464. The molecule has 1 aromatic rings. The van der Waals surface area contributed by atoms with E-state index < -0.39 is 0 Å². The molecule has 4 heterocycles. The van der Waals surface area contributed by atoms with Crippen molar-refractivity contribution in [2.45, 2.75) is 24.6 Å². The molecule has 3 fully saturated rings. The van der Waals surface area contributed by atoms with Gasteiger partial charge in [0, 0.05) is 26.2 Å². The van der Waals surface area contributed by atoms with Crippen molar-refractivity contribution in [2.75, 3.05) is 53.2 Å². The van der Waals surface area contributed by atoms with Gasteiger partial charge in [0.15, 0.2) is 11.5 Å². The molecule has 4 aliphatic heterocycles. The van der Waals surface area contributed by atoms with Crippen LogP contribution in [0.15, 0.2) is 18.2 Å². The van der Waals surface area contributed by atoms with E-state index >= 15 is 0 Å². The van der Waals surface area contributed by atoms with Crippen LogP contribution in [0.2, 0.25) is 0 Å². The molecule has 1 spiro atoms. The summed E-state index contributed by atoms with van der Waals surface area (Å²) in [4.78, 5) is 22.4. The molecule has 8 nitrogen and oxygen atoms in total. The fourth-order valence-corrected chi connectivity index (χ4v) is 4.41. The van der Waals surface area contributed by atoms with Crippen molar-refractivity contribution in [3.05, 3.63) is 23.8 Å². The first-order chi connectivity index (χ1) is 13.1. The van der Waals surface area contributed by atoms with Crippen molar-refractivity contribution < 1.29 is 23.8 Å². The molecule has 27 heavy (non-hydrogen) atoms. The van der Waals surface area contributed by atoms with Crippen LogP contribution in [0.5, 0.6) is 11.5 Å². The van der Waals surface area contributed by atoms with Gasteiger partial charge in [0.1, 0.15) is 11.6 Å². The molecule has 0 saturated carbocycles. The highest BCUT2D eigenvalue weighted by Crippen LogP contribution is 2.35. The van der Waals surface area contributed by atoms with Crippen LogP contribution >= 0.6 is 0 Å². The standard InChI is InChI=1S/C19H25N3O5/c1-20-10-19(26-9-15(20)18(23)22-5-2-6-27-22)11-21(12-19)8-14-3-4-16-17(7-14)25-13-24-16/h3-4,7,15H,2,5-6,8-13H2,1H3. The molecule has 4 aliphatic rings. The Morgan fingerprint density at radius 1 is 1.22 bits per heavy atom. The average molecular weight is 375 g/mol. The maximum atomic E-state index is 12.6. The molecule has 1 atom stereocenters. The lowest BCUT2D eigenvalue weighted by Crippen LogP contribution is -2.72. The summed E-state index contributed by atoms with van der Waals surface area (Å²) < 4.78 is 17.0. The number of hydroxylamine groups is 2. The van der Waals surface area contributed by atoms with Crippen LogP contribution in [0.4, 0.5) is 0 Å². The Hall–Kier alpha value is -1.87. The number of hydrogen-bond donors (Lipinski definition) is 0. The van der Waals surface area contributed by atoms with E-state index in [-0.39, 0.29) is 17.6 Å². The van der Waals surface area contributed by atoms with Crippen LogP contribution in [-0.2, 0) is 20.9 Å². The van der Waals surface area contributed by atoms with Crippen molar-refractivity contribution in [3.63, 3.8) is 0 Å². The molecule has 0 aliphatic carbocycles. The highest BCUT2D eigenvalue weighted by atomic mass is 16.7. The molecule has 1 unspecified atom stereocenters. The van der Waals surface area contributed by atoms with Crippen LogP contribution in [0.1, 0.15) is 12.0 Å². The lowest BCUT2D eigenvalue weighted by atomic mass is 9.90. The van der Waals surface area contributed by atoms with Crippen LogP contribution in [-0.4, -0.2) is 85.6 Å². The van der Waals surface area contributed by atoms with Gasteiger partial charge >= 0.3 is 0 Å². The Kier molecular flexibility index (Phi) is 4.23. The molecular formula is C19H25N3O5. The van der Waals surface area contributed by atoms with Crippen molar-refractivity contribution in [2.24, 2.45) is 0 Å². The number of amides is 1. The first kappa shape index (κ1) is 17.2. The van der Waals surface area contributed by atoms with Crippen LogP contribution in [0.3, 0.4) is 0 Å². The Morgan fingerprint density at radius 3 is 2.85 bits per heavy atom. The van der Waals surface area contributed by atoms with Crippen molar-refractivity contribution in [3.8, 4) is 11.5 Å². The second kappa shape index (κ2) is 6.63. The maximum Gasteiger partial charge on any atom is 0.265 e. The molecule has 0 N–H and O–H groups in total. The number of ether oxygens (including phenoxy) is 3. The van der Waals surface area contributed by atoms with E-state index in [9.17, 15) is 4.79 Å². The number of likely N-dealkylation sites (N-methyl/N-ethyl adjacent to an activating group) is 1. The second-order valence-corrected chi connectivity index (χ2v) is 7.88. The van der Waals surface area contributed by atoms with E-state index in [1.54, 1.807) is 0 Å². The summed E-state index contributed by atoms with van der Waals surface area (Å²) in [7, 11) is 2.00. The van der Waals surface area contributed by atoms with Gasteiger partial charge in [-0.2, -0.15) is 0 Å². The van der Waals surface area contributed by atoms with Crippen molar-refractivity contribution in [1.29, 1.82) is 0 Å². The number of nitrogens with zero attached hydrogens (tertiary/aromatic N) is 3. The summed E-state index contributed by atoms with van der Waals surface area (Å²) in [5.41, 5.74) is 1.03. The number of fused-ring (bicyclic) bond motifs is 1. The van der Waals surface area contributed by atoms with E-state index in [1.807, 2.05) is 19.2 Å². The maximum absolute atomic E-state index is 12.6. The van der Waals surface area contributed by atoms with Gasteiger partial charge in [-0.25, -0.2) is 5.06 Å². The fourth-order valence-electron chi connectivity index (χ4n) is 4.41. The zero-order chi connectivity index (χ0) is 18.4. The number of hydrogen-bond acceptors (Lipinski definition) is 7. The van der Waals surface area contributed by atoms with Crippen LogP contribution < -0.4 is 9.47 Å². The Balaban J connectivity index is 1.15. The third-order valence-electron chi connectivity index (χ3n) is 5.77. The molecule has 0 radical (unpaired) electrons.